The van der Waals surface area contributed by atoms with Crippen molar-refractivity contribution in [2.45, 2.75) is 34.1 Å². The van der Waals surface area contributed by atoms with Crippen molar-refractivity contribution < 1.29 is 0 Å². The molecule has 4 rings (SSSR count). The van der Waals surface area contributed by atoms with E-state index in [-0.39, 0.29) is 0 Å². The smallest absolute Gasteiger partial charge is 0.138 e. The van der Waals surface area contributed by atoms with E-state index < -0.39 is 0 Å². The molecule has 0 spiro atoms. The van der Waals surface area contributed by atoms with E-state index in [9.17, 15) is 0 Å². The summed E-state index contributed by atoms with van der Waals surface area (Å²) in [6, 6.07) is 17.0. The Labute approximate surface area is 154 Å². The number of aliphatic imine (C=N–C) groups is 1. The lowest BCUT2D eigenvalue weighted by molar-refractivity contribution is 1.22. The van der Waals surface area contributed by atoms with Crippen LogP contribution in [0.5, 0.6) is 0 Å². The van der Waals surface area contributed by atoms with Crippen molar-refractivity contribution in [3.8, 4) is 22.5 Å². The lowest BCUT2D eigenvalue weighted by Gasteiger charge is -2.13. The van der Waals surface area contributed by atoms with E-state index in [1.807, 2.05) is 6.92 Å². The molecule has 3 aromatic rings. The maximum Gasteiger partial charge on any atom is 0.138 e. The molecule has 0 bridgehead atoms. The van der Waals surface area contributed by atoms with Gasteiger partial charge in [-0.15, -0.1) is 0 Å². The number of allylic oxidation sites excluding steroid dienone is 2. The van der Waals surface area contributed by atoms with Gasteiger partial charge in [0.15, 0.2) is 0 Å². The Bertz CT molecular complexity index is 1030. The Hall–Kier alpha value is -2.94. The molecule has 3 nitrogen and oxygen atoms in total. The van der Waals surface area contributed by atoms with Crippen LogP contribution in [0.25, 0.3) is 22.5 Å². The summed E-state index contributed by atoms with van der Waals surface area (Å²) in [6.45, 7) is 8.35. The topological polar surface area (TPSA) is 41.0 Å². The van der Waals surface area contributed by atoms with Crippen LogP contribution in [0.2, 0.25) is 0 Å². The van der Waals surface area contributed by atoms with E-state index in [1.165, 1.54) is 22.3 Å². The molecule has 2 heterocycles. The summed E-state index contributed by atoms with van der Waals surface area (Å²) in [4.78, 5) is 13.0. The molecule has 1 aliphatic rings. The van der Waals surface area contributed by atoms with Gasteiger partial charge in [-0.25, -0.2) is 4.98 Å². The van der Waals surface area contributed by atoms with E-state index in [0.717, 1.165) is 40.6 Å². The summed E-state index contributed by atoms with van der Waals surface area (Å²) >= 11 is 0. The molecular weight excluding hydrogens is 318 g/mol. The number of rotatable bonds is 3. The van der Waals surface area contributed by atoms with Crippen molar-refractivity contribution in [1.29, 1.82) is 0 Å². The first-order chi connectivity index (χ1) is 12.5. The fourth-order valence-corrected chi connectivity index (χ4v) is 3.44. The minimum absolute atomic E-state index is 0.921. The molecule has 0 amide bonds. The van der Waals surface area contributed by atoms with Crippen LogP contribution < -0.4 is 0 Å². The fourth-order valence-electron chi connectivity index (χ4n) is 3.44. The number of hydrogen-bond acceptors (Lipinski definition) is 2. The number of aromatic nitrogens is 2. The quantitative estimate of drug-likeness (QED) is 0.638. The van der Waals surface area contributed by atoms with Crippen LogP contribution in [0.15, 0.2) is 64.8 Å². The summed E-state index contributed by atoms with van der Waals surface area (Å²) in [5.74, 6) is 0.921. The standard InChI is InChI=1S/C23H23N3/c1-14-13-22(24-15(14)2)20-11-7-5-9-18(20)19-10-6-8-12-21(19)23-25-16(3)17(4)26-23/h5-12H,13H2,1-4H3,(H,25,26). The SMILES string of the molecule is CC1=C(C)N=C(c2ccccc2-c2ccccc2-c2nc(C)c(C)[nH]2)C1. The molecule has 3 heteroatoms. The van der Waals surface area contributed by atoms with E-state index in [1.54, 1.807) is 0 Å². The first kappa shape index (κ1) is 16.5. The monoisotopic (exact) mass is 341 g/mol. The zero-order valence-corrected chi connectivity index (χ0v) is 15.7. The van der Waals surface area contributed by atoms with Crippen LogP contribution in [0.3, 0.4) is 0 Å². The first-order valence-electron chi connectivity index (χ1n) is 9.01. The lowest BCUT2D eigenvalue weighted by Crippen LogP contribution is -2.01. The van der Waals surface area contributed by atoms with Gasteiger partial charge in [0.05, 0.1) is 11.4 Å². The summed E-state index contributed by atoms with van der Waals surface area (Å²) in [6.07, 6.45) is 0.921. The zero-order chi connectivity index (χ0) is 18.3. The van der Waals surface area contributed by atoms with Crippen molar-refractivity contribution in [3.05, 3.63) is 76.8 Å². The maximum absolute atomic E-state index is 4.82. The molecule has 0 unspecified atom stereocenters. The van der Waals surface area contributed by atoms with E-state index in [2.05, 4.69) is 74.3 Å². The largest absolute Gasteiger partial charge is 0.342 e. The molecule has 1 N–H and O–H groups in total. The van der Waals surface area contributed by atoms with Crippen LogP contribution in [0.4, 0.5) is 0 Å². The number of nitrogens with one attached hydrogen (secondary N) is 1. The van der Waals surface area contributed by atoms with Gasteiger partial charge in [-0.3, -0.25) is 4.99 Å². The minimum Gasteiger partial charge on any atom is -0.342 e. The Morgan fingerprint density at radius 3 is 1.88 bits per heavy atom. The molecule has 0 saturated carbocycles. The lowest BCUT2D eigenvalue weighted by atomic mass is 9.91. The van der Waals surface area contributed by atoms with Crippen LogP contribution in [-0.4, -0.2) is 15.7 Å². The molecule has 130 valence electrons. The van der Waals surface area contributed by atoms with Crippen LogP contribution in [0, 0.1) is 13.8 Å². The number of benzene rings is 2. The molecule has 0 fully saturated rings. The molecule has 26 heavy (non-hydrogen) atoms. The maximum atomic E-state index is 4.82. The van der Waals surface area contributed by atoms with Gasteiger partial charge in [0, 0.05) is 28.9 Å². The third-order valence-corrected chi connectivity index (χ3v) is 5.19. The number of imidazole rings is 1. The second-order valence-electron chi connectivity index (χ2n) is 6.99. The van der Waals surface area contributed by atoms with Gasteiger partial charge in [-0.2, -0.15) is 0 Å². The van der Waals surface area contributed by atoms with Crippen molar-refractivity contribution in [2.24, 2.45) is 4.99 Å². The van der Waals surface area contributed by atoms with Gasteiger partial charge < -0.3 is 4.98 Å². The van der Waals surface area contributed by atoms with Gasteiger partial charge in [0.25, 0.3) is 0 Å². The fraction of sp³-hybridized carbons (Fsp3) is 0.217. The number of hydrogen-bond donors (Lipinski definition) is 1. The number of aryl methyl sites for hydroxylation is 2. The summed E-state index contributed by atoms with van der Waals surface area (Å²) < 4.78 is 0. The highest BCUT2D eigenvalue weighted by molar-refractivity contribution is 6.09. The van der Waals surface area contributed by atoms with Gasteiger partial charge in [0.2, 0.25) is 0 Å². The van der Waals surface area contributed by atoms with Crippen molar-refractivity contribution in [2.75, 3.05) is 0 Å². The Morgan fingerprint density at radius 2 is 1.35 bits per heavy atom. The average Bonchev–Trinajstić information content (AvgIpc) is 3.17. The third kappa shape index (κ3) is 2.80. The second-order valence-corrected chi connectivity index (χ2v) is 6.99. The van der Waals surface area contributed by atoms with E-state index >= 15 is 0 Å². The molecular formula is C23H23N3. The first-order valence-corrected chi connectivity index (χ1v) is 9.01. The predicted octanol–water partition coefficient (Wildman–Crippen LogP) is 5.85. The average molecular weight is 341 g/mol. The molecule has 0 radical (unpaired) electrons. The third-order valence-electron chi connectivity index (χ3n) is 5.19. The number of H-pyrrole nitrogens is 1. The van der Waals surface area contributed by atoms with Gasteiger partial charge in [-0.1, -0.05) is 48.5 Å². The van der Waals surface area contributed by atoms with Crippen molar-refractivity contribution in [1.82, 2.24) is 9.97 Å². The zero-order valence-electron chi connectivity index (χ0n) is 15.7. The molecule has 0 aliphatic carbocycles. The summed E-state index contributed by atoms with van der Waals surface area (Å²) in [5, 5.41) is 0. The summed E-state index contributed by atoms with van der Waals surface area (Å²) in [7, 11) is 0. The highest BCUT2D eigenvalue weighted by Crippen LogP contribution is 2.35. The van der Waals surface area contributed by atoms with E-state index in [0.29, 0.717) is 0 Å². The van der Waals surface area contributed by atoms with Crippen molar-refractivity contribution in [3.63, 3.8) is 0 Å². The second kappa shape index (κ2) is 6.41. The van der Waals surface area contributed by atoms with E-state index in [4.69, 9.17) is 9.98 Å². The Kier molecular flexibility index (Phi) is 4.08. The van der Waals surface area contributed by atoms with Crippen LogP contribution in [0.1, 0.15) is 37.2 Å². The molecule has 1 aromatic heterocycles. The number of nitrogens with zero attached hydrogens (tertiary/aromatic N) is 2. The summed E-state index contributed by atoms with van der Waals surface area (Å²) in [5.41, 5.74) is 10.5. The normalized spacial score (nSPS) is 14.1. The highest BCUT2D eigenvalue weighted by Gasteiger charge is 2.19. The molecule has 0 atom stereocenters. The van der Waals surface area contributed by atoms with Crippen LogP contribution >= 0.6 is 0 Å². The molecule has 1 aliphatic heterocycles. The van der Waals surface area contributed by atoms with Gasteiger partial charge >= 0.3 is 0 Å². The highest BCUT2D eigenvalue weighted by atomic mass is 14.9. The Balaban J connectivity index is 1.87. The number of aromatic amines is 1. The predicted molar refractivity (Wildman–Crippen MR) is 108 cm³/mol. The molecule has 2 aromatic carbocycles. The minimum atomic E-state index is 0.921. The Morgan fingerprint density at radius 1 is 0.769 bits per heavy atom. The van der Waals surface area contributed by atoms with Crippen molar-refractivity contribution >= 4 is 5.71 Å². The van der Waals surface area contributed by atoms with Crippen LogP contribution in [-0.2, 0) is 0 Å². The van der Waals surface area contributed by atoms with Gasteiger partial charge in [0.1, 0.15) is 5.82 Å². The molecule has 0 saturated heterocycles. The van der Waals surface area contributed by atoms with Gasteiger partial charge in [-0.05, 0) is 44.4 Å².